The Bertz CT molecular complexity index is 722. The second-order valence-electron chi connectivity index (χ2n) is 13.6. The van der Waals surface area contributed by atoms with Crippen LogP contribution in [0, 0.1) is 17.8 Å². The molecule has 0 aliphatic rings. The molecule has 0 bridgehead atoms. The van der Waals surface area contributed by atoms with Crippen LogP contribution in [0.5, 0.6) is 0 Å². The number of aliphatic carboxylic acids is 3. The van der Waals surface area contributed by atoms with Crippen LogP contribution in [0.15, 0.2) is 12.2 Å². The summed E-state index contributed by atoms with van der Waals surface area (Å²) in [6.45, 7) is 9.03. The molecule has 0 saturated heterocycles. The lowest BCUT2D eigenvalue weighted by Gasteiger charge is -2.44. The van der Waals surface area contributed by atoms with Gasteiger partial charge in [-0.1, -0.05) is 130 Å². The molecule has 7 heteroatoms. The van der Waals surface area contributed by atoms with Gasteiger partial charge >= 0.3 is 11.9 Å². The zero-order chi connectivity index (χ0) is 33.8. The molecular weight excluding hydrogens is 566 g/mol. The minimum Gasteiger partial charge on any atom is -0.550 e. The molecule has 0 aromatic heterocycles. The van der Waals surface area contributed by atoms with Crippen molar-refractivity contribution in [1.82, 2.24) is 0 Å². The van der Waals surface area contributed by atoms with Crippen molar-refractivity contribution < 1.29 is 34.2 Å². The number of hydrogen-bond donors (Lipinski definition) is 2. The largest absolute Gasteiger partial charge is 0.550 e. The summed E-state index contributed by atoms with van der Waals surface area (Å²) in [7, 11) is 0. The van der Waals surface area contributed by atoms with Crippen molar-refractivity contribution in [3.8, 4) is 0 Å². The molecule has 264 valence electrons. The Hall–Kier alpha value is -1.89. The summed E-state index contributed by atoms with van der Waals surface area (Å²) >= 11 is 0. The molecule has 7 nitrogen and oxygen atoms in total. The number of quaternary nitrogens is 1. The SMILES string of the molecule is CCC/C=C/CCCCCCCCCCCCCCCCCC[N+](CC(CC)C(=O)[O-])(CC(CC)C(=O)O)CC(CC)C(=O)O. The second-order valence-corrected chi connectivity index (χ2v) is 13.6. The summed E-state index contributed by atoms with van der Waals surface area (Å²) in [6, 6.07) is 0. The van der Waals surface area contributed by atoms with Crippen molar-refractivity contribution in [2.45, 2.75) is 169 Å². The Kier molecular flexibility index (Phi) is 27.2. The summed E-state index contributed by atoms with van der Waals surface area (Å²) in [5, 5.41) is 31.6. The first-order valence-corrected chi connectivity index (χ1v) is 18.8. The van der Waals surface area contributed by atoms with Crippen molar-refractivity contribution in [1.29, 1.82) is 0 Å². The van der Waals surface area contributed by atoms with Crippen LogP contribution in [-0.4, -0.2) is 58.8 Å². The standard InChI is InChI=1S/C38H71NO6/c1-5-9-10-11-12-13-14-15-16-17-18-19-20-21-22-23-24-25-26-27-28-29-39(30-33(6-2)36(40)41,31-34(7-3)37(42)43)32-35(8-4)38(44)45/h10-11,33-35H,5-9,12-32H2,1-4H3,(H2-,40,41,42,43,44,45)/b11-10+. The number of allylic oxidation sites excluding steroid dienone is 2. The van der Waals surface area contributed by atoms with Gasteiger partial charge in [0.1, 0.15) is 11.8 Å². The lowest BCUT2D eigenvalue weighted by Crippen LogP contribution is -2.59. The number of nitrogens with zero attached hydrogens (tertiary/aromatic N) is 1. The zero-order valence-corrected chi connectivity index (χ0v) is 29.7. The van der Waals surface area contributed by atoms with Crippen LogP contribution in [0.25, 0.3) is 0 Å². The molecule has 0 aromatic carbocycles. The summed E-state index contributed by atoms with van der Waals surface area (Å²) in [5.41, 5.74) is 0. The van der Waals surface area contributed by atoms with Gasteiger partial charge in [0.15, 0.2) is 0 Å². The minimum atomic E-state index is -1.14. The Morgan fingerprint density at radius 2 is 0.867 bits per heavy atom. The summed E-state index contributed by atoms with van der Waals surface area (Å²) in [6.07, 6.45) is 29.7. The van der Waals surface area contributed by atoms with Crippen LogP contribution in [-0.2, 0) is 14.4 Å². The highest BCUT2D eigenvalue weighted by Gasteiger charge is 2.39. The molecule has 0 aliphatic heterocycles. The van der Waals surface area contributed by atoms with E-state index in [4.69, 9.17) is 0 Å². The van der Waals surface area contributed by atoms with Crippen LogP contribution in [0.2, 0.25) is 0 Å². The van der Waals surface area contributed by atoms with E-state index in [0.717, 1.165) is 19.3 Å². The third-order valence-corrected chi connectivity index (χ3v) is 9.71. The van der Waals surface area contributed by atoms with Gasteiger partial charge in [0, 0.05) is 5.92 Å². The molecule has 0 aliphatic carbocycles. The normalized spacial score (nSPS) is 15.1. The molecular formula is C38H71NO6. The molecule has 0 fully saturated rings. The number of rotatable bonds is 33. The highest BCUT2D eigenvalue weighted by molar-refractivity contribution is 5.70. The van der Waals surface area contributed by atoms with Crippen molar-refractivity contribution in [3.63, 3.8) is 0 Å². The van der Waals surface area contributed by atoms with E-state index in [1.807, 2.05) is 13.8 Å². The Labute approximate surface area is 276 Å². The van der Waals surface area contributed by atoms with Gasteiger partial charge in [-0.05, 0) is 51.4 Å². The lowest BCUT2D eigenvalue weighted by molar-refractivity contribution is -0.935. The van der Waals surface area contributed by atoms with Gasteiger partial charge < -0.3 is 24.6 Å². The molecule has 3 unspecified atom stereocenters. The van der Waals surface area contributed by atoms with E-state index in [9.17, 15) is 29.7 Å². The van der Waals surface area contributed by atoms with Gasteiger partial charge in [0.2, 0.25) is 0 Å². The third kappa shape index (κ3) is 22.3. The maximum absolute atomic E-state index is 12.0. The molecule has 2 N–H and O–H groups in total. The van der Waals surface area contributed by atoms with E-state index in [1.165, 1.54) is 103 Å². The van der Waals surface area contributed by atoms with Gasteiger partial charge in [-0.2, -0.15) is 0 Å². The first-order valence-electron chi connectivity index (χ1n) is 18.8. The van der Waals surface area contributed by atoms with Gasteiger partial charge in [-0.15, -0.1) is 0 Å². The molecule has 0 amide bonds. The summed E-state index contributed by atoms with van der Waals surface area (Å²) in [5.74, 6) is -4.94. The number of carbonyl (C=O) groups is 3. The van der Waals surface area contributed by atoms with Crippen LogP contribution in [0.4, 0.5) is 0 Å². The fourth-order valence-electron chi connectivity index (χ4n) is 6.62. The van der Waals surface area contributed by atoms with E-state index in [0.29, 0.717) is 25.8 Å². The molecule has 0 rings (SSSR count). The van der Waals surface area contributed by atoms with E-state index in [-0.39, 0.29) is 24.1 Å². The van der Waals surface area contributed by atoms with Gasteiger partial charge in [0.05, 0.1) is 32.1 Å². The molecule has 0 aromatic rings. The molecule has 0 radical (unpaired) electrons. The molecule has 0 spiro atoms. The number of carbonyl (C=O) groups excluding carboxylic acids is 1. The van der Waals surface area contributed by atoms with E-state index in [2.05, 4.69) is 19.1 Å². The van der Waals surface area contributed by atoms with Gasteiger partial charge in [-0.25, -0.2) is 0 Å². The fraction of sp³-hybridized carbons (Fsp3) is 0.868. The van der Waals surface area contributed by atoms with Crippen LogP contribution in [0.3, 0.4) is 0 Å². The smallest absolute Gasteiger partial charge is 0.312 e. The maximum Gasteiger partial charge on any atom is 0.312 e. The predicted octanol–water partition coefficient (Wildman–Crippen LogP) is 8.79. The highest BCUT2D eigenvalue weighted by Crippen LogP contribution is 2.25. The van der Waals surface area contributed by atoms with E-state index >= 15 is 0 Å². The number of carboxylic acid groups (broad SMARTS) is 3. The topological polar surface area (TPSA) is 115 Å². The molecule has 0 saturated carbocycles. The minimum absolute atomic E-state index is 0.221. The number of hydrogen-bond acceptors (Lipinski definition) is 4. The molecule has 45 heavy (non-hydrogen) atoms. The molecule has 0 heterocycles. The average molecular weight is 638 g/mol. The zero-order valence-electron chi connectivity index (χ0n) is 29.7. The van der Waals surface area contributed by atoms with Crippen molar-refractivity contribution >= 4 is 17.9 Å². The number of carboxylic acids is 3. The predicted molar refractivity (Wildman–Crippen MR) is 184 cm³/mol. The second kappa shape index (κ2) is 28.3. The summed E-state index contributed by atoms with van der Waals surface area (Å²) in [4.78, 5) is 35.9. The van der Waals surface area contributed by atoms with Crippen molar-refractivity contribution in [2.24, 2.45) is 17.8 Å². The quantitative estimate of drug-likeness (QED) is 0.0422. The van der Waals surface area contributed by atoms with Gasteiger partial charge in [0.25, 0.3) is 0 Å². The van der Waals surface area contributed by atoms with Crippen LogP contribution < -0.4 is 5.11 Å². The fourth-order valence-corrected chi connectivity index (χ4v) is 6.62. The van der Waals surface area contributed by atoms with E-state index in [1.54, 1.807) is 6.92 Å². The van der Waals surface area contributed by atoms with Gasteiger partial charge in [-0.3, -0.25) is 9.59 Å². The Morgan fingerprint density at radius 1 is 0.533 bits per heavy atom. The summed E-state index contributed by atoms with van der Waals surface area (Å²) < 4.78 is 0.221. The molecule has 3 atom stereocenters. The highest BCUT2D eigenvalue weighted by atomic mass is 16.4. The first-order chi connectivity index (χ1) is 21.7. The van der Waals surface area contributed by atoms with E-state index < -0.39 is 35.7 Å². The lowest BCUT2D eigenvalue weighted by atomic mass is 9.95. The maximum atomic E-state index is 12.0. The average Bonchev–Trinajstić information content (AvgIpc) is 3.01. The Balaban J connectivity index is 4.47. The first kappa shape index (κ1) is 43.1. The number of unbranched alkanes of at least 4 members (excludes halogenated alkanes) is 17. The van der Waals surface area contributed by atoms with Crippen LogP contribution in [0.1, 0.15) is 169 Å². The van der Waals surface area contributed by atoms with Crippen molar-refractivity contribution in [2.75, 3.05) is 26.2 Å². The Morgan fingerprint density at radius 3 is 1.20 bits per heavy atom. The third-order valence-electron chi connectivity index (χ3n) is 9.71. The van der Waals surface area contributed by atoms with Crippen LogP contribution >= 0.6 is 0 Å². The van der Waals surface area contributed by atoms with Crippen molar-refractivity contribution in [3.05, 3.63) is 12.2 Å². The monoisotopic (exact) mass is 638 g/mol.